The molecule has 1 aliphatic carbocycles. The van der Waals surface area contributed by atoms with E-state index in [1.165, 1.54) is 18.3 Å². The van der Waals surface area contributed by atoms with Crippen LogP contribution in [-0.4, -0.2) is 32.7 Å². The van der Waals surface area contributed by atoms with Gasteiger partial charge in [-0.05, 0) is 36.6 Å². The lowest BCUT2D eigenvalue weighted by molar-refractivity contribution is 0.0718. The molecule has 29 heavy (non-hydrogen) atoms. The van der Waals surface area contributed by atoms with Gasteiger partial charge in [-0.15, -0.1) is 0 Å². The Balaban J connectivity index is 1.71. The van der Waals surface area contributed by atoms with Crippen molar-refractivity contribution in [2.45, 2.75) is 44.4 Å². The van der Waals surface area contributed by atoms with E-state index in [1.807, 2.05) is 0 Å². The molecule has 0 aliphatic heterocycles. The predicted octanol–water partition coefficient (Wildman–Crippen LogP) is 3.13. The molecule has 2 atom stereocenters. The molecule has 2 aromatic heterocycles. The zero-order chi connectivity index (χ0) is 20.4. The minimum atomic E-state index is -0.553. The first-order chi connectivity index (χ1) is 14.1. The van der Waals surface area contributed by atoms with Crippen LogP contribution in [0.25, 0.3) is 11.0 Å². The largest absolute Gasteiger partial charge is 0.391 e. The van der Waals surface area contributed by atoms with Crippen molar-refractivity contribution in [1.29, 1.82) is 5.26 Å². The number of fused-ring (bicyclic) bond motifs is 1. The van der Waals surface area contributed by atoms with Crippen molar-refractivity contribution in [3.63, 3.8) is 0 Å². The fraction of sp³-hybridized carbons (Fsp3) is 0.318. The highest BCUT2D eigenvalue weighted by Crippen LogP contribution is 2.25. The number of nitriles is 1. The standard InChI is InChI=1S/C22H21FN4O2/c23-16-7-5-14(6-8-16)12-27-13-17(20-21(27)15(11-24)9-10-25-20)22(29)26-18-3-1-2-4-19(18)28/h5-10,13,18-19,28H,1-4,12H2,(H,26,29)/t18-,19-/m0/s1. The van der Waals surface area contributed by atoms with E-state index in [-0.39, 0.29) is 17.8 Å². The number of hydrogen-bond acceptors (Lipinski definition) is 4. The molecule has 0 radical (unpaired) electrons. The van der Waals surface area contributed by atoms with Crippen LogP contribution in [0.15, 0.2) is 42.7 Å². The van der Waals surface area contributed by atoms with Gasteiger partial charge < -0.3 is 15.0 Å². The van der Waals surface area contributed by atoms with Crippen molar-refractivity contribution in [3.05, 3.63) is 65.2 Å². The molecule has 148 valence electrons. The zero-order valence-corrected chi connectivity index (χ0v) is 15.8. The average molecular weight is 392 g/mol. The second kappa shape index (κ2) is 8.02. The SMILES string of the molecule is N#Cc1ccnc2c(C(=O)N[C@H]3CCCC[C@@H]3O)cn(Cc3ccc(F)cc3)c12. The van der Waals surface area contributed by atoms with Gasteiger partial charge in [-0.1, -0.05) is 25.0 Å². The van der Waals surface area contributed by atoms with E-state index in [0.717, 1.165) is 24.8 Å². The summed E-state index contributed by atoms with van der Waals surface area (Å²) in [6.45, 7) is 0.372. The number of carbonyl (C=O) groups excluding carboxylic acids is 1. The second-order valence-electron chi connectivity index (χ2n) is 7.40. The van der Waals surface area contributed by atoms with Crippen LogP contribution in [0.1, 0.15) is 47.2 Å². The molecule has 0 spiro atoms. The third-order valence-electron chi connectivity index (χ3n) is 5.43. The summed E-state index contributed by atoms with van der Waals surface area (Å²) in [7, 11) is 0. The molecule has 3 aromatic rings. The van der Waals surface area contributed by atoms with E-state index in [1.54, 1.807) is 29.0 Å². The molecule has 1 aliphatic rings. The molecule has 6 nitrogen and oxygen atoms in total. The number of nitrogens with one attached hydrogen (secondary N) is 1. The Morgan fingerprint density at radius 3 is 2.76 bits per heavy atom. The number of amides is 1. The Labute approximate surface area is 167 Å². The Morgan fingerprint density at radius 2 is 2.03 bits per heavy atom. The fourth-order valence-electron chi connectivity index (χ4n) is 3.92. The molecule has 0 unspecified atom stereocenters. The molecule has 1 aromatic carbocycles. The smallest absolute Gasteiger partial charge is 0.255 e. The molecule has 2 heterocycles. The van der Waals surface area contributed by atoms with Gasteiger partial charge in [0.1, 0.15) is 17.4 Å². The van der Waals surface area contributed by atoms with Crippen LogP contribution in [0.2, 0.25) is 0 Å². The maximum atomic E-state index is 13.2. The number of nitrogens with zero attached hydrogens (tertiary/aromatic N) is 3. The predicted molar refractivity (Wildman–Crippen MR) is 106 cm³/mol. The number of hydrogen-bond donors (Lipinski definition) is 2. The molecule has 1 amide bonds. The van der Waals surface area contributed by atoms with Gasteiger partial charge in [0.05, 0.1) is 28.8 Å². The summed E-state index contributed by atoms with van der Waals surface area (Å²) < 4.78 is 15.0. The van der Waals surface area contributed by atoms with Crippen molar-refractivity contribution >= 4 is 16.9 Å². The van der Waals surface area contributed by atoms with Gasteiger partial charge in [-0.3, -0.25) is 9.78 Å². The minimum Gasteiger partial charge on any atom is -0.391 e. The molecule has 1 fully saturated rings. The monoisotopic (exact) mass is 392 g/mol. The van der Waals surface area contributed by atoms with Crippen LogP contribution in [0.4, 0.5) is 4.39 Å². The highest BCUT2D eigenvalue weighted by Gasteiger charge is 2.27. The van der Waals surface area contributed by atoms with Gasteiger partial charge >= 0.3 is 0 Å². The van der Waals surface area contributed by atoms with Gasteiger partial charge in [-0.25, -0.2) is 4.39 Å². The van der Waals surface area contributed by atoms with E-state index < -0.39 is 6.10 Å². The van der Waals surface area contributed by atoms with Crippen molar-refractivity contribution in [2.75, 3.05) is 0 Å². The summed E-state index contributed by atoms with van der Waals surface area (Å²) in [4.78, 5) is 17.3. The quantitative estimate of drug-likeness (QED) is 0.714. The van der Waals surface area contributed by atoms with Crippen molar-refractivity contribution in [2.24, 2.45) is 0 Å². The number of pyridine rings is 1. The van der Waals surface area contributed by atoms with E-state index in [9.17, 15) is 19.6 Å². The van der Waals surface area contributed by atoms with E-state index in [0.29, 0.717) is 35.1 Å². The van der Waals surface area contributed by atoms with Crippen molar-refractivity contribution < 1.29 is 14.3 Å². The highest BCUT2D eigenvalue weighted by molar-refractivity contribution is 6.06. The van der Waals surface area contributed by atoms with Crippen LogP contribution in [-0.2, 0) is 6.54 Å². The lowest BCUT2D eigenvalue weighted by Gasteiger charge is -2.28. The summed E-state index contributed by atoms with van der Waals surface area (Å²) in [6.07, 6.45) is 5.96. The molecular formula is C22H21FN4O2. The van der Waals surface area contributed by atoms with E-state index >= 15 is 0 Å². The Kier molecular flexibility index (Phi) is 5.28. The number of aromatic nitrogens is 2. The molecule has 1 saturated carbocycles. The maximum absolute atomic E-state index is 13.2. The first-order valence-electron chi connectivity index (χ1n) is 9.68. The Morgan fingerprint density at radius 1 is 1.28 bits per heavy atom. The lowest BCUT2D eigenvalue weighted by atomic mass is 9.92. The van der Waals surface area contributed by atoms with Crippen molar-refractivity contribution in [1.82, 2.24) is 14.9 Å². The summed E-state index contributed by atoms with van der Waals surface area (Å²) in [5.74, 6) is -0.641. The average Bonchev–Trinajstić information content (AvgIpc) is 3.10. The van der Waals surface area contributed by atoms with Gasteiger partial charge in [0.25, 0.3) is 5.91 Å². The van der Waals surface area contributed by atoms with Crippen LogP contribution < -0.4 is 5.32 Å². The second-order valence-corrected chi connectivity index (χ2v) is 7.40. The number of carbonyl (C=O) groups is 1. The Hall–Kier alpha value is -3.24. The molecule has 0 saturated heterocycles. The van der Waals surface area contributed by atoms with Crippen LogP contribution >= 0.6 is 0 Å². The molecule has 0 bridgehead atoms. The minimum absolute atomic E-state index is 0.286. The van der Waals surface area contributed by atoms with Crippen LogP contribution in [0.3, 0.4) is 0 Å². The fourth-order valence-corrected chi connectivity index (χ4v) is 3.92. The molecular weight excluding hydrogens is 371 g/mol. The normalized spacial score (nSPS) is 19.1. The van der Waals surface area contributed by atoms with Crippen LogP contribution in [0, 0.1) is 17.1 Å². The van der Waals surface area contributed by atoms with E-state index in [2.05, 4.69) is 16.4 Å². The van der Waals surface area contributed by atoms with E-state index in [4.69, 9.17) is 0 Å². The zero-order valence-electron chi connectivity index (χ0n) is 15.8. The summed E-state index contributed by atoms with van der Waals surface area (Å²) in [6, 6.07) is 9.57. The third-order valence-corrected chi connectivity index (χ3v) is 5.43. The Bertz CT molecular complexity index is 1080. The number of aliphatic hydroxyl groups is 1. The summed E-state index contributed by atoms with van der Waals surface area (Å²) in [5.41, 5.74) is 2.61. The summed E-state index contributed by atoms with van der Waals surface area (Å²) in [5, 5.41) is 22.6. The first kappa shape index (κ1) is 19.1. The number of aliphatic hydroxyl groups excluding tert-OH is 1. The molecule has 7 heteroatoms. The molecule has 2 N–H and O–H groups in total. The van der Waals surface area contributed by atoms with Gasteiger partial charge in [-0.2, -0.15) is 5.26 Å². The first-order valence-corrected chi connectivity index (χ1v) is 9.68. The number of halogens is 1. The number of benzene rings is 1. The van der Waals surface area contributed by atoms with Gasteiger partial charge in [0, 0.05) is 18.9 Å². The lowest BCUT2D eigenvalue weighted by Crippen LogP contribution is -2.45. The highest BCUT2D eigenvalue weighted by atomic mass is 19.1. The topological polar surface area (TPSA) is 90.9 Å². The van der Waals surface area contributed by atoms with Crippen molar-refractivity contribution in [3.8, 4) is 6.07 Å². The van der Waals surface area contributed by atoms with Crippen LogP contribution in [0.5, 0.6) is 0 Å². The van der Waals surface area contributed by atoms with Gasteiger partial charge in [0.2, 0.25) is 0 Å². The summed E-state index contributed by atoms with van der Waals surface area (Å²) >= 11 is 0. The molecule has 4 rings (SSSR count). The maximum Gasteiger partial charge on any atom is 0.255 e. The van der Waals surface area contributed by atoms with Gasteiger partial charge in [0.15, 0.2) is 0 Å². The number of rotatable bonds is 4. The third kappa shape index (κ3) is 3.84.